The Kier molecular flexibility index (Phi) is 4.03. The summed E-state index contributed by atoms with van der Waals surface area (Å²) in [5.41, 5.74) is 2.83. The number of hydrogen-bond acceptors (Lipinski definition) is 3. The number of carboxylic acid groups (broad SMARTS) is 1. The normalized spacial score (nSPS) is 10.2. The van der Waals surface area contributed by atoms with Gasteiger partial charge in [0, 0.05) is 6.20 Å². The maximum Gasteiger partial charge on any atom is 0.336 e. The molecule has 5 nitrogen and oxygen atoms in total. The molecule has 0 aliphatic heterocycles. The molecule has 0 radical (unpaired) electrons. The zero-order valence-electron chi connectivity index (χ0n) is 12.1. The molecule has 0 saturated heterocycles. The average Bonchev–Trinajstić information content (AvgIpc) is 2.43. The minimum Gasteiger partial charge on any atom is -0.478 e. The minimum absolute atomic E-state index is 0.0362. The molecule has 108 valence electrons. The van der Waals surface area contributed by atoms with E-state index in [0.29, 0.717) is 16.8 Å². The van der Waals surface area contributed by atoms with Crippen molar-refractivity contribution in [2.75, 3.05) is 5.32 Å². The summed E-state index contributed by atoms with van der Waals surface area (Å²) < 4.78 is 0. The van der Waals surface area contributed by atoms with Crippen LogP contribution in [0, 0.1) is 20.8 Å². The molecule has 0 saturated carbocycles. The van der Waals surface area contributed by atoms with Crippen molar-refractivity contribution in [2.24, 2.45) is 0 Å². The molecular formula is C16H16N2O3. The number of aryl methyl sites for hydroxylation is 3. The van der Waals surface area contributed by atoms with Gasteiger partial charge in [-0.2, -0.15) is 0 Å². The third kappa shape index (κ3) is 2.91. The molecule has 0 aliphatic rings. The fraction of sp³-hybridized carbons (Fsp3) is 0.188. The summed E-state index contributed by atoms with van der Waals surface area (Å²) in [6, 6.07) is 5.22. The molecule has 0 aliphatic carbocycles. The predicted molar refractivity (Wildman–Crippen MR) is 79.8 cm³/mol. The van der Waals surface area contributed by atoms with Gasteiger partial charge in [0.1, 0.15) is 0 Å². The second-order valence-electron chi connectivity index (χ2n) is 4.90. The number of aromatic carboxylic acids is 1. The van der Waals surface area contributed by atoms with Crippen LogP contribution in [-0.2, 0) is 0 Å². The highest BCUT2D eigenvalue weighted by molar-refractivity contribution is 6.12. The van der Waals surface area contributed by atoms with Crippen LogP contribution in [0.4, 0.5) is 5.69 Å². The van der Waals surface area contributed by atoms with E-state index in [-0.39, 0.29) is 11.1 Å². The van der Waals surface area contributed by atoms with Crippen LogP contribution in [-0.4, -0.2) is 22.0 Å². The van der Waals surface area contributed by atoms with Crippen molar-refractivity contribution >= 4 is 17.6 Å². The molecule has 0 fully saturated rings. The Hall–Kier alpha value is -2.69. The molecule has 21 heavy (non-hydrogen) atoms. The minimum atomic E-state index is -1.11. The molecule has 0 unspecified atom stereocenters. The van der Waals surface area contributed by atoms with Crippen molar-refractivity contribution in [3.05, 3.63) is 58.4 Å². The van der Waals surface area contributed by atoms with Crippen molar-refractivity contribution < 1.29 is 14.7 Å². The SMILES string of the molecule is Cc1ccncc1NC(=O)c1c(C)ccc(C)c1C(=O)O. The number of carboxylic acids is 1. The van der Waals surface area contributed by atoms with Gasteiger partial charge in [-0.05, 0) is 43.5 Å². The van der Waals surface area contributed by atoms with Crippen molar-refractivity contribution in [2.45, 2.75) is 20.8 Å². The lowest BCUT2D eigenvalue weighted by Gasteiger charge is -2.13. The number of nitrogens with one attached hydrogen (secondary N) is 1. The first-order valence-electron chi connectivity index (χ1n) is 6.47. The molecule has 1 amide bonds. The van der Waals surface area contributed by atoms with E-state index in [1.54, 1.807) is 44.4 Å². The van der Waals surface area contributed by atoms with Crippen LogP contribution in [0.15, 0.2) is 30.6 Å². The molecule has 1 aromatic carbocycles. The Morgan fingerprint density at radius 3 is 2.19 bits per heavy atom. The summed E-state index contributed by atoms with van der Waals surface area (Å²) in [4.78, 5) is 27.8. The molecule has 2 N–H and O–H groups in total. The van der Waals surface area contributed by atoms with Crippen LogP contribution in [0.1, 0.15) is 37.4 Å². The van der Waals surface area contributed by atoms with Crippen LogP contribution in [0.3, 0.4) is 0 Å². The van der Waals surface area contributed by atoms with E-state index >= 15 is 0 Å². The maximum absolute atomic E-state index is 12.5. The van der Waals surface area contributed by atoms with Gasteiger partial charge in [0.2, 0.25) is 0 Å². The number of carbonyl (C=O) groups is 2. The van der Waals surface area contributed by atoms with E-state index in [1.165, 1.54) is 0 Å². The van der Waals surface area contributed by atoms with Crippen molar-refractivity contribution in [1.29, 1.82) is 0 Å². The summed E-state index contributed by atoms with van der Waals surface area (Å²) >= 11 is 0. The smallest absolute Gasteiger partial charge is 0.336 e. The van der Waals surface area contributed by atoms with Crippen LogP contribution in [0.2, 0.25) is 0 Å². The van der Waals surface area contributed by atoms with Gasteiger partial charge in [0.15, 0.2) is 0 Å². The largest absolute Gasteiger partial charge is 0.478 e. The van der Waals surface area contributed by atoms with E-state index in [2.05, 4.69) is 10.3 Å². The third-order valence-corrected chi connectivity index (χ3v) is 3.35. The van der Waals surface area contributed by atoms with Crippen molar-refractivity contribution in [3.63, 3.8) is 0 Å². The van der Waals surface area contributed by atoms with Gasteiger partial charge in [-0.25, -0.2) is 4.79 Å². The number of aromatic nitrogens is 1. The quantitative estimate of drug-likeness (QED) is 0.908. The Morgan fingerprint density at radius 2 is 1.62 bits per heavy atom. The number of amides is 1. The van der Waals surface area contributed by atoms with Crippen molar-refractivity contribution in [3.8, 4) is 0 Å². The number of benzene rings is 1. The molecule has 0 bridgehead atoms. The van der Waals surface area contributed by atoms with Gasteiger partial charge in [0.25, 0.3) is 5.91 Å². The van der Waals surface area contributed by atoms with Gasteiger partial charge in [-0.1, -0.05) is 12.1 Å². The summed E-state index contributed by atoms with van der Waals surface area (Å²) in [7, 11) is 0. The highest BCUT2D eigenvalue weighted by Crippen LogP contribution is 2.21. The van der Waals surface area contributed by atoms with Crippen LogP contribution < -0.4 is 5.32 Å². The summed E-state index contributed by atoms with van der Waals surface area (Å²) in [6.07, 6.45) is 3.17. The lowest BCUT2D eigenvalue weighted by molar-refractivity contribution is 0.0691. The van der Waals surface area contributed by atoms with E-state index in [0.717, 1.165) is 5.56 Å². The van der Waals surface area contributed by atoms with Crippen molar-refractivity contribution in [1.82, 2.24) is 4.98 Å². The van der Waals surface area contributed by atoms with Gasteiger partial charge < -0.3 is 10.4 Å². The third-order valence-electron chi connectivity index (χ3n) is 3.35. The molecule has 2 aromatic rings. The van der Waals surface area contributed by atoms with Crippen LogP contribution >= 0.6 is 0 Å². The Bertz CT molecular complexity index is 723. The van der Waals surface area contributed by atoms with E-state index in [4.69, 9.17) is 0 Å². The zero-order valence-corrected chi connectivity index (χ0v) is 12.1. The monoisotopic (exact) mass is 284 g/mol. The standard InChI is InChI=1S/C16H16N2O3/c1-9-6-7-17-8-12(9)18-15(19)13-10(2)4-5-11(3)14(13)16(20)21/h4-8H,1-3H3,(H,18,19)(H,20,21). The Labute approximate surface area is 122 Å². The number of hydrogen-bond donors (Lipinski definition) is 2. The van der Waals surface area contributed by atoms with Crippen LogP contribution in [0.25, 0.3) is 0 Å². The van der Waals surface area contributed by atoms with E-state index < -0.39 is 11.9 Å². The number of nitrogens with zero attached hydrogens (tertiary/aromatic N) is 1. The number of carbonyl (C=O) groups excluding carboxylic acids is 1. The summed E-state index contributed by atoms with van der Waals surface area (Å²) in [6.45, 7) is 5.24. The Balaban J connectivity index is 2.47. The number of anilines is 1. The second kappa shape index (κ2) is 5.75. The molecule has 1 heterocycles. The fourth-order valence-corrected chi connectivity index (χ4v) is 2.16. The lowest BCUT2D eigenvalue weighted by atomic mass is 9.96. The molecule has 5 heteroatoms. The van der Waals surface area contributed by atoms with Gasteiger partial charge in [-0.15, -0.1) is 0 Å². The summed E-state index contributed by atoms with van der Waals surface area (Å²) in [5, 5.41) is 12.1. The second-order valence-corrected chi connectivity index (χ2v) is 4.90. The fourth-order valence-electron chi connectivity index (χ4n) is 2.16. The first kappa shape index (κ1) is 14.7. The molecule has 2 rings (SSSR count). The molecule has 0 spiro atoms. The molecular weight excluding hydrogens is 268 g/mol. The van der Waals surface area contributed by atoms with Crippen LogP contribution in [0.5, 0.6) is 0 Å². The van der Waals surface area contributed by atoms with Gasteiger partial charge in [0.05, 0.1) is 23.0 Å². The highest BCUT2D eigenvalue weighted by atomic mass is 16.4. The predicted octanol–water partition coefficient (Wildman–Crippen LogP) is 2.96. The molecule has 1 aromatic heterocycles. The maximum atomic E-state index is 12.5. The first-order valence-corrected chi connectivity index (χ1v) is 6.47. The molecule has 0 atom stereocenters. The summed E-state index contributed by atoms with van der Waals surface area (Å²) in [5.74, 6) is -1.55. The lowest BCUT2D eigenvalue weighted by Crippen LogP contribution is -2.19. The zero-order chi connectivity index (χ0) is 15.6. The number of rotatable bonds is 3. The van der Waals surface area contributed by atoms with E-state index in [9.17, 15) is 14.7 Å². The topological polar surface area (TPSA) is 79.3 Å². The first-order chi connectivity index (χ1) is 9.91. The van der Waals surface area contributed by atoms with Gasteiger partial charge in [-0.3, -0.25) is 9.78 Å². The number of pyridine rings is 1. The average molecular weight is 284 g/mol. The van der Waals surface area contributed by atoms with Gasteiger partial charge >= 0.3 is 5.97 Å². The Morgan fingerprint density at radius 1 is 1.00 bits per heavy atom. The van der Waals surface area contributed by atoms with E-state index in [1.807, 2.05) is 6.92 Å². The highest BCUT2D eigenvalue weighted by Gasteiger charge is 2.21.